The number of likely N-dealkylation sites (tertiary alicyclic amines) is 1. The van der Waals surface area contributed by atoms with E-state index in [0.29, 0.717) is 18.2 Å². The van der Waals surface area contributed by atoms with Crippen LogP contribution in [-0.4, -0.2) is 39.0 Å². The number of pyridine rings is 1. The molecule has 0 atom stereocenters. The van der Waals surface area contributed by atoms with Gasteiger partial charge in [0.15, 0.2) is 0 Å². The summed E-state index contributed by atoms with van der Waals surface area (Å²) in [5.74, 6) is 0.765. The Morgan fingerprint density at radius 3 is 2.87 bits per heavy atom. The molecule has 1 aliphatic rings. The highest BCUT2D eigenvalue weighted by Gasteiger charge is 2.23. The number of piperidine rings is 1. The number of aromatic nitrogens is 3. The molecule has 1 aliphatic heterocycles. The fraction of sp³-hybridized carbons (Fsp3) is 0.261. The van der Waals surface area contributed by atoms with Gasteiger partial charge in [0.1, 0.15) is 10.9 Å². The number of rotatable bonds is 5. The van der Waals surface area contributed by atoms with Crippen molar-refractivity contribution in [2.75, 3.05) is 13.7 Å². The zero-order chi connectivity index (χ0) is 21.1. The van der Waals surface area contributed by atoms with Crippen LogP contribution < -0.4 is 4.74 Å². The van der Waals surface area contributed by atoms with Gasteiger partial charge in [-0.05, 0) is 55.7 Å². The third-order valence-corrected chi connectivity index (χ3v) is 5.31. The van der Waals surface area contributed by atoms with Crippen LogP contribution in [0.4, 0.5) is 0 Å². The number of benzene rings is 1. The minimum Gasteiger partial charge on any atom is -0.495 e. The second-order valence-electron chi connectivity index (χ2n) is 7.31. The Hall–Kier alpha value is -3.12. The zero-order valence-electron chi connectivity index (χ0n) is 17.0. The SMILES string of the molecule is COc1cc(/C=C2\CCCN(Cc3cccc(Cl)n3)C2=O)ccc1-n1cnc(C)c1. The molecule has 0 unspecified atom stereocenters. The molecular weight excluding hydrogens is 400 g/mol. The van der Waals surface area contributed by atoms with Crippen LogP contribution in [0.15, 0.2) is 54.5 Å². The van der Waals surface area contributed by atoms with Crippen LogP contribution in [0.1, 0.15) is 29.8 Å². The maximum atomic E-state index is 13.0. The first kappa shape index (κ1) is 20.2. The van der Waals surface area contributed by atoms with Gasteiger partial charge in [0.05, 0.1) is 37.1 Å². The zero-order valence-corrected chi connectivity index (χ0v) is 17.8. The monoisotopic (exact) mass is 422 g/mol. The summed E-state index contributed by atoms with van der Waals surface area (Å²) < 4.78 is 7.51. The van der Waals surface area contributed by atoms with Gasteiger partial charge in [-0.25, -0.2) is 9.97 Å². The lowest BCUT2D eigenvalue weighted by atomic mass is 10.0. The molecule has 3 heterocycles. The molecule has 1 fully saturated rings. The van der Waals surface area contributed by atoms with Gasteiger partial charge >= 0.3 is 0 Å². The van der Waals surface area contributed by atoms with Crippen molar-refractivity contribution >= 4 is 23.6 Å². The molecule has 0 N–H and O–H groups in total. The lowest BCUT2D eigenvalue weighted by Crippen LogP contribution is -2.36. The summed E-state index contributed by atoms with van der Waals surface area (Å²) in [6.45, 7) is 3.12. The molecule has 4 rings (SSSR count). The molecule has 0 aliphatic carbocycles. The van der Waals surface area contributed by atoms with E-state index in [-0.39, 0.29) is 5.91 Å². The Bertz CT molecular complexity index is 1110. The number of aryl methyl sites for hydroxylation is 1. The lowest BCUT2D eigenvalue weighted by molar-refractivity contribution is -0.129. The molecular formula is C23H23ClN4O2. The number of amides is 1. The van der Waals surface area contributed by atoms with Gasteiger partial charge in [-0.3, -0.25) is 4.79 Å². The molecule has 3 aromatic rings. The van der Waals surface area contributed by atoms with Gasteiger partial charge in [-0.2, -0.15) is 0 Å². The Morgan fingerprint density at radius 2 is 2.13 bits per heavy atom. The van der Waals surface area contributed by atoms with Crippen LogP contribution in [0.5, 0.6) is 5.75 Å². The van der Waals surface area contributed by atoms with E-state index in [1.54, 1.807) is 19.5 Å². The van der Waals surface area contributed by atoms with Crippen molar-refractivity contribution in [3.8, 4) is 11.4 Å². The molecule has 1 aromatic carbocycles. The fourth-order valence-electron chi connectivity index (χ4n) is 3.64. The van der Waals surface area contributed by atoms with E-state index < -0.39 is 0 Å². The van der Waals surface area contributed by atoms with Crippen LogP contribution in [0.2, 0.25) is 5.15 Å². The number of imidazole rings is 1. The predicted octanol–water partition coefficient (Wildman–Crippen LogP) is 4.44. The average molecular weight is 423 g/mol. The van der Waals surface area contributed by atoms with Crippen molar-refractivity contribution in [3.05, 3.63) is 76.6 Å². The topological polar surface area (TPSA) is 60.2 Å². The molecule has 0 saturated carbocycles. The van der Waals surface area contributed by atoms with Crippen molar-refractivity contribution in [1.29, 1.82) is 0 Å². The Morgan fingerprint density at radius 1 is 1.27 bits per heavy atom. The highest BCUT2D eigenvalue weighted by molar-refractivity contribution is 6.29. The highest BCUT2D eigenvalue weighted by Crippen LogP contribution is 2.27. The predicted molar refractivity (Wildman–Crippen MR) is 117 cm³/mol. The van der Waals surface area contributed by atoms with Crippen LogP contribution in [0.25, 0.3) is 11.8 Å². The fourth-order valence-corrected chi connectivity index (χ4v) is 3.82. The van der Waals surface area contributed by atoms with E-state index >= 15 is 0 Å². The van der Waals surface area contributed by atoms with Crippen molar-refractivity contribution < 1.29 is 9.53 Å². The quantitative estimate of drug-likeness (QED) is 0.450. The first-order chi connectivity index (χ1) is 14.5. The molecule has 0 bridgehead atoms. The second kappa shape index (κ2) is 8.71. The van der Waals surface area contributed by atoms with Crippen LogP contribution >= 0.6 is 11.6 Å². The van der Waals surface area contributed by atoms with E-state index in [4.69, 9.17) is 16.3 Å². The highest BCUT2D eigenvalue weighted by atomic mass is 35.5. The third kappa shape index (κ3) is 4.39. The summed E-state index contributed by atoms with van der Waals surface area (Å²) in [5, 5.41) is 0.438. The summed E-state index contributed by atoms with van der Waals surface area (Å²) in [5.41, 5.74) is 4.35. The Labute approximate surface area is 180 Å². The van der Waals surface area contributed by atoms with Gasteiger partial charge in [-0.1, -0.05) is 23.7 Å². The minimum atomic E-state index is 0.0382. The number of halogens is 1. The van der Waals surface area contributed by atoms with Gasteiger partial charge in [-0.15, -0.1) is 0 Å². The van der Waals surface area contributed by atoms with Gasteiger partial charge in [0.2, 0.25) is 5.91 Å². The smallest absolute Gasteiger partial charge is 0.250 e. The summed E-state index contributed by atoms with van der Waals surface area (Å²) in [7, 11) is 1.64. The van der Waals surface area contributed by atoms with Gasteiger partial charge in [0.25, 0.3) is 0 Å². The summed E-state index contributed by atoms with van der Waals surface area (Å²) in [6, 6.07) is 11.4. The van der Waals surface area contributed by atoms with E-state index in [2.05, 4.69) is 9.97 Å². The van der Waals surface area contributed by atoms with Gasteiger partial charge in [0, 0.05) is 18.3 Å². The lowest BCUT2D eigenvalue weighted by Gasteiger charge is -2.28. The van der Waals surface area contributed by atoms with E-state index in [1.165, 1.54) is 0 Å². The van der Waals surface area contributed by atoms with Crippen LogP contribution in [0, 0.1) is 6.92 Å². The number of hydrogen-bond donors (Lipinski definition) is 0. The molecule has 0 radical (unpaired) electrons. The minimum absolute atomic E-state index is 0.0382. The van der Waals surface area contributed by atoms with E-state index in [9.17, 15) is 4.79 Å². The van der Waals surface area contributed by atoms with Crippen molar-refractivity contribution in [2.24, 2.45) is 0 Å². The third-order valence-electron chi connectivity index (χ3n) is 5.10. The number of nitrogens with zero attached hydrogens (tertiary/aromatic N) is 4. The Balaban J connectivity index is 1.56. The molecule has 6 nitrogen and oxygen atoms in total. The van der Waals surface area contributed by atoms with Crippen molar-refractivity contribution in [1.82, 2.24) is 19.4 Å². The molecule has 7 heteroatoms. The standard InChI is InChI=1S/C23H23ClN4O2/c1-16-13-28(15-25-16)20-9-8-17(12-21(20)30-2)11-18-5-4-10-27(23(18)29)14-19-6-3-7-22(24)26-19/h3,6-9,11-13,15H,4-5,10,14H2,1-2H3/b18-11+. The maximum Gasteiger partial charge on any atom is 0.250 e. The average Bonchev–Trinajstić information content (AvgIpc) is 3.17. The summed E-state index contributed by atoms with van der Waals surface area (Å²) in [6.07, 6.45) is 7.33. The normalized spacial score (nSPS) is 15.6. The van der Waals surface area contributed by atoms with Crippen molar-refractivity contribution in [3.63, 3.8) is 0 Å². The molecule has 1 amide bonds. The molecule has 30 heavy (non-hydrogen) atoms. The van der Waals surface area contributed by atoms with Crippen LogP contribution in [-0.2, 0) is 11.3 Å². The van der Waals surface area contributed by atoms with E-state index in [1.807, 2.05) is 59.0 Å². The summed E-state index contributed by atoms with van der Waals surface area (Å²) in [4.78, 5) is 23.4. The molecule has 154 valence electrons. The second-order valence-corrected chi connectivity index (χ2v) is 7.69. The van der Waals surface area contributed by atoms with Gasteiger partial charge < -0.3 is 14.2 Å². The van der Waals surface area contributed by atoms with Crippen LogP contribution in [0.3, 0.4) is 0 Å². The number of ether oxygens (including phenoxy) is 1. The number of carbonyl (C=O) groups excluding carboxylic acids is 1. The Kier molecular flexibility index (Phi) is 5.86. The molecule has 1 saturated heterocycles. The largest absolute Gasteiger partial charge is 0.495 e. The summed E-state index contributed by atoms with van der Waals surface area (Å²) >= 11 is 5.98. The number of methoxy groups -OCH3 is 1. The molecule has 2 aromatic heterocycles. The number of hydrogen-bond acceptors (Lipinski definition) is 4. The first-order valence-corrected chi connectivity index (χ1v) is 10.2. The maximum absolute atomic E-state index is 13.0. The molecule has 0 spiro atoms. The van der Waals surface area contributed by atoms with E-state index in [0.717, 1.165) is 46.8 Å². The first-order valence-electron chi connectivity index (χ1n) is 9.84. The van der Waals surface area contributed by atoms with Crippen molar-refractivity contribution in [2.45, 2.75) is 26.3 Å². The number of carbonyl (C=O) groups is 1.